The predicted octanol–water partition coefficient (Wildman–Crippen LogP) is 6.65. The van der Waals surface area contributed by atoms with Crippen molar-refractivity contribution < 1.29 is 37.3 Å². The van der Waals surface area contributed by atoms with Crippen molar-refractivity contribution in [3.8, 4) is 11.5 Å². The molecule has 4 rings (SSSR count). The molecule has 3 aromatic carbocycles. The summed E-state index contributed by atoms with van der Waals surface area (Å²) in [7, 11) is 1.54. The zero-order valence-corrected chi connectivity index (χ0v) is 21.2. The maximum absolute atomic E-state index is 13.4. The summed E-state index contributed by atoms with van der Waals surface area (Å²) in [6.45, 7) is 5.65. The minimum Gasteiger partial charge on any atom is -0.507 e. The predicted molar refractivity (Wildman–Crippen MR) is 136 cm³/mol. The SMILES string of the molecule is COc1cc(C)c(/C(O)=C2\C(=O)C(=O)N(c3cccc(OC(F)(F)F)c3)C2c2ccccc2)cc1C(C)C. The Morgan fingerprint density at radius 1 is 1.00 bits per heavy atom. The number of aryl methyl sites for hydroxylation is 1. The lowest BCUT2D eigenvalue weighted by Crippen LogP contribution is -2.29. The fourth-order valence-electron chi connectivity index (χ4n) is 4.61. The standard InChI is InChI=1S/C29H26F3NO5/c1-16(2)21-15-22(17(3)13-23(21)37-4)26(34)24-25(18-9-6-5-7-10-18)33(28(36)27(24)35)19-11-8-12-20(14-19)38-29(30,31)32/h5-16,25,34H,1-4H3/b26-24+. The fourth-order valence-corrected chi connectivity index (χ4v) is 4.61. The van der Waals surface area contributed by atoms with E-state index >= 15 is 0 Å². The van der Waals surface area contributed by atoms with E-state index in [9.17, 15) is 27.9 Å². The second kappa shape index (κ2) is 10.2. The van der Waals surface area contributed by atoms with Crippen LogP contribution in [0.4, 0.5) is 18.9 Å². The molecule has 0 radical (unpaired) electrons. The van der Waals surface area contributed by atoms with Gasteiger partial charge < -0.3 is 14.6 Å². The summed E-state index contributed by atoms with van der Waals surface area (Å²) < 4.78 is 48.1. The largest absolute Gasteiger partial charge is 0.573 e. The topological polar surface area (TPSA) is 76.1 Å². The van der Waals surface area contributed by atoms with E-state index in [1.807, 2.05) is 13.8 Å². The number of carbonyl (C=O) groups is 2. The molecule has 1 fully saturated rings. The molecule has 9 heteroatoms. The molecule has 198 valence electrons. The van der Waals surface area contributed by atoms with Crippen LogP contribution < -0.4 is 14.4 Å². The number of Topliss-reactive ketones (excluding diaryl/α,β-unsaturated/α-hetero) is 1. The first-order valence-electron chi connectivity index (χ1n) is 11.8. The first-order valence-corrected chi connectivity index (χ1v) is 11.8. The zero-order valence-electron chi connectivity index (χ0n) is 21.2. The average Bonchev–Trinajstić information content (AvgIpc) is 3.13. The van der Waals surface area contributed by atoms with E-state index in [2.05, 4.69) is 4.74 Å². The Balaban J connectivity index is 1.94. The first-order chi connectivity index (χ1) is 17.9. The number of anilines is 1. The summed E-state index contributed by atoms with van der Waals surface area (Å²) >= 11 is 0. The van der Waals surface area contributed by atoms with Crippen LogP contribution in [0, 0.1) is 6.92 Å². The van der Waals surface area contributed by atoms with Crippen molar-refractivity contribution in [2.75, 3.05) is 12.0 Å². The molecule has 1 amide bonds. The molecule has 0 aliphatic carbocycles. The Kier molecular flexibility index (Phi) is 7.22. The molecule has 1 aliphatic heterocycles. The third-order valence-corrected chi connectivity index (χ3v) is 6.34. The number of ketones is 1. The van der Waals surface area contributed by atoms with E-state index in [1.165, 1.54) is 19.2 Å². The number of amides is 1. The number of carbonyl (C=O) groups excluding carboxylic acids is 2. The van der Waals surface area contributed by atoms with Gasteiger partial charge in [-0.05, 0) is 53.8 Å². The fraction of sp³-hybridized carbons (Fsp3) is 0.241. The summed E-state index contributed by atoms with van der Waals surface area (Å²) in [5.41, 5.74) is 2.08. The summed E-state index contributed by atoms with van der Waals surface area (Å²) in [5, 5.41) is 11.5. The molecule has 1 atom stereocenters. The Bertz CT molecular complexity index is 1410. The minimum atomic E-state index is -4.94. The number of aliphatic hydroxyl groups is 1. The highest BCUT2D eigenvalue weighted by atomic mass is 19.4. The number of ether oxygens (including phenoxy) is 2. The summed E-state index contributed by atoms with van der Waals surface area (Å²) in [6, 6.07) is 15.7. The number of methoxy groups -OCH3 is 1. The summed E-state index contributed by atoms with van der Waals surface area (Å²) in [4.78, 5) is 27.8. The van der Waals surface area contributed by atoms with Gasteiger partial charge in [0.25, 0.3) is 11.7 Å². The summed E-state index contributed by atoms with van der Waals surface area (Å²) in [6.07, 6.45) is -4.94. The van der Waals surface area contributed by atoms with Crippen LogP contribution in [0.1, 0.15) is 48.1 Å². The van der Waals surface area contributed by atoms with Crippen LogP contribution in [0.25, 0.3) is 5.76 Å². The highest BCUT2D eigenvalue weighted by molar-refractivity contribution is 6.51. The number of benzene rings is 3. The highest BCUT2D eigenvalue weighted by Gasteiger charge is 2.47. The molecule has 3 aromatic rings. The van der Waals surface area contributed by atoms with Crippen molar-refractivity contribution in [2.24, 2.45) is 0 Å². The molecule has 1 heterocycles. The molecule has 1 N–H and O–H groups in total. The Labute approximate surface area is 217 Å². The number of aliphatic hydroxyl groups excluding tert-OH is 1. The quantitative estimate of drug-likeness (QED) is 0.222. The molecule has 0 bridgehead atoms. The number of hydrogen-bond donors (Lipinski definition) is 1. The molecule has 0 spiro atoms. The monoisotopic (exact) mass is 525 g/mol. The highest BCUT2D eigenvalue weighted by Crippen LogP contribution is 2.44. The van der Waals surface area contributed by atoms with Crippen LogP contribution >= 0.6 is 0 Å². The van der Waals surface area contributed by atoms with Crippen LogP contribution in [0.5, 0.6) is 11.5 Å². The molecule has 6 nitrogen and oxygen atoms in total. The van der Waals surface area contributed by atoms with E-state index in [0.29, 0.717) is 22.4 Å². The maximum atomic E-state index is 13.4. The van der Waals surface area contributed by atoms with Gasteiger partial charge in [-0.2, -0.15) is 0 Å². The van der Waals surface area contributed by atoms with Gasteiger partial charge in [0.1, 0.15) is 17.3 Å². The summed E-state index contributed by atoms with van der Waals surface area (Å²) in [5.74, 6) is -2.23. The van der Waals surface area contributed by atoms with Crippen LogP contribution in [0.15, 0.2) is 72.3 Å². The van der Waals surface area contributed by atoms with Gasteiger partial charge in [-0.15, -0.1) is 13.2 Å². The van der Waals surface area contributed by atoms with Crippen LogP contribution in [-0.4, -0.2) is 30.3 Å². The van der Waals surface area contributed by atoms with Gasteiger partial charge in [0.2, 0.25) is 0 Å². The maximum Gasteiger partial charge on any atom is 0.573 e. The zero-order chi connectivity index (χ0) is 27.8. The Morgan fingerprint density at radius 3 is 2.29 bits per heavy atom. The molecule has 1 saturated heterocycles. The minimum absolute atomic E-state index is 0.0103. The first kappa shape index (κ1) is 26.8. The van der Waals surface area contributed by atoms with Crippen LogP contribution in [0.3, 0.4) is 0 Å². The van der Waals surface area contributed by atoms with E-state index in [-0.39, 0.29) is 22.9 Å². The molecule has 1 aliphatic rings. The van der Waals surface area contributed by atoms with Gasteiger partial charge in [0.05, 0.1) is 18.7 Å². The lowest BCUT2D eigenvalue weighted by molar-refractivity contribution is -0.274. The molecule has 0 saturated carbocycles. The normalized spacial score (nSPS) is 17.3. The number of hydrogen-bond acceptors (Lipinski definition) is 5. The van der Waals surface area contributed by atoms with E-state index in [4.69, 9.17) is 4.74 Å². The number of rotatable bonds is 6. The van der Waals surface area contributed by atoms with E-state index < -0.39 is 29.8 Å². The van der Waals surface area contributed by atoms with Gasteiger partial charge in [-0.25, -0.2) is 0 Å². The number of halogens is 3. The van der Waals surface area contributed by atoms with Gasteiger partial charge in [0.15, 0.2) is 0 Å². The lowest BCUT2D eigenvalue weighted by Gasteiger charge is -2.26. The van der Waals surface area contributed by atoms with Gasteiger partial charge in [-0.3, -0.25) is 14.5 Å². The van der Waals surface area contributed by atoms with Crippen molar-refractivity contribution in [3.05, 3.63) is 94.6 Å². The third kappa shape index (κ3) is 5.09. The molecular formula is C29H26F3NO5. The molecular weight excluding hydrogens is 499 g/mol. The van der Waals surface area contributed by atoms with E-state index in [1.54, 1.807) is 49.4 Å². The Morgan fingerprint density at radius 2 is 1.68 bits per heavy atom. The molecule has 38 heavy (non-hydrogen) atoms. The van der Waals surface area contributed by atoms with Crippen molar-refractivity contribution in [2.45, 2.75) is 39.1 Å². The van der Waals surface area contributed by atoms with Crippen molar-refractivity contribution in [1.82, 2.24) is 0 Å². The van der Waals surface area contributed by atoms with Crippen molar-refractivity contribution in [3.63, 3.8) is 0 Å². The second-order valence-corrected chi connectivity index (χ2v) is 9.19. The lowest BCUT2D eigenvalue weighted by atomic mass is 9.91. The second-order valence-electron chi connectivity index (χ2n) is 9.19. The van der Waals surface area contributed by atoms with Gasteiger partial charge in [-0.1, -0.05) is 50.2 Å². The number of alkyl halides is 3. The van der Waals surface area contributed by atoms with Crippen molar-refractivity contribution in [1.29, 1.82) is 0 Å². The van der Waals surface area contributed by atoms with Gasteiger partial charge in [0, 0.05) is 17.3 Å². The number of nitrogens with zero attached hydrogens (tertiary/aromatic N) is 1. The third-order valence-electron chi connectivity index (χ3n) is 6.34. The van der Waals surface area contributed by atoms with Crippen LogP contribution in [0.2, 0.25) is 0 Å². The van der Waals surface area contributed by atoms with Crippen LogP contribution in [-0.2, 0) is 9.59 Å². The van der Waals surface area contributed by atoms with Crippen molar-refractivity contribution >= 4 is 23.1 Å². The van der Waals surface area contributed by atoms with E-state index in [0.717, 1.165) is 22.6 Å². The average molecular weight is 526 g/mol. The molecule has 1 unspecified atom stereocenters. The Hall–Kier alpha value is -4.27. The van der Waals surface area contributed by atoms with Gasteiger partial charge >= 0.3 is 6.36 Å². The smallest absolute Gasteiger partial charge is 0.507 e. The molecule has 0 aromatic heterocycles.